The molecule has 20 heavy (non-hydrogen) atoms. The van der Waals surface area contributed by atoms with Crippen molar-refractivity contribution in [1.29, 1.82) is 0 Å². The van der Waals surface area contributed by atoms with Crippen molar-refractivity contribution in [2.45, 2.75) is 6.18 Å². The zero-order valence-corrected chi connectivity index (χ0v) is 10.3. The summed E-state index contributed by atoms with van der Waals surface area (Å²) in [4.78, 5) is 0.882. The third-order valence-corrected chi connectivity index (χ3v) is 2.48. The summed E-state index contributed by atoms with van der Waals surface area (Å²) in [7, 11) is 0. The SMILES string of the molecule is OCCN(CC(F)(F)F)c1nnnn1-c1ccccc1. The second-order valence-electron chi connectivity index (χ2n) is 3.99. The van der Waals surface area contributed by atoms with E-state index in [0.717, 1.165) is 4.90 Å². The first-order valence-corrected chi connectivity index (χ1v) is 5.77. The van der Waals surface area contributed by atoms with E-state index in [4.69, 9.17) is 5.11 Å². The number of halogens is 3. The highest BCUT2D eigenvalue weighted by Crippen LogP contribution is 2.21. The fraction of sp³-hybridized carbons (Fsp3) is 0.364. The molecule has 0 radical (unpaired) electrons. The number of rotatable bonds is 5. The number of tetrazole rings is 1. The normalized spacial score (nSPS) is 11.6. The van der Waals surface area contributed by atoms with E-state index < -0.39 is 19.3 Å². The van der Waals surface area contributed by atoms with Gasteiger partial charge in [0.1, 0.15) is 6.54 Å². The van der Waals surface area contributed by atoms with Gasteiger partial charge in [0.05, 0.1) is 12.3 Å². The van der Waals surface area contributed by atoms with Gasteiger partial charge in [0.25, 0.3) is 5.95 Å². The average Bonchev–Trinajstić information content (AvgIpc) is 2.87. The Labute approximate surface area is 112 Å². The van der Waals surface area contributed by atoms with Gasteiger partial charge in [-0.15, -0.1) is 0 Å². The number of para-hydroxylation sites is 1. The third-order valence-electron chi connectivity index (χ3n) is 2.48. The lowest BCUT2D eigenvalue weighted by molar-refractivity contribution is -0.120. The predicted octanol–water partition coefficient (Wildman–Crippen LogP) is 1.02. The zero-order chi connectivity index (χ0) is 14.6. The third kappa shape index (κ3) is 3.44. The van der Waals surface area contributed by atoms with E-state index in [1.54, 1.807) is 30.3 Å². The quantitative estimate of drug-likeness (QED) is 0.889. The van der Waals surface area contributed by atoms with Crippen LogP contribution in [0.2, 0.25) is 0 Å². The summed E-state index contributed by atoms with van der Waals surface area (Å²) in [5, 5.41) is 19.6. The van der Waals surface area contributed by atoms with E-state index in [1.165, 1.54) is 4.68 Å². The largest absolute Gasteiger partial charge is 0.406 e. The predicted molar refractivity (Wildman–Crippen MR) is 64.5 cm³/mol. The van der Waals surface area contributed by atoms with Crippen LogP contribution in [0.5, 0.6) is 0 Å². The monoisotopic (exact) mass is 287 g/mol. The summed E-state index contributed by atoms with van der Waals surface area (Å²) in [5.74, 6) is -0.0671. The summed E-state index contributed by atoms with van der Waals surface area (Å²) in [6, 6.07) is 8.56. The maximum absolute atomic E-state index is 12.6. The summed E-state index contributed by atoms with van der Waals surface area (Å²) in [5.41, 5.74) is 0.539. The van der Waals surface area contributed by atoms with Gasteiger partial charge in [0.15, 0.2) is 0 Å². The van der Waals surface area contributed by atoms with Gasteiger partial charge in [-0.1, -0.05) is 23.3 Å². The Hall–Kier alpha value is -2.16. The Kier molecular flexibility index (Phi) is 4.18. The number of benzene rings is 1. The minimum Gasteiger partial charge on any atom is -0.395 e. The van der Waals surface area contributed by atoms with Crippen LogP contribution in [-0.2, 0) is 0 Å². The first-order chi connectivity index (χ1) is 9.51. The van der Waals surface area contributed by atoms with Crippen molar-refractivity contribution in [3.05, 3.63) is 30.3 Å². The number of alkyl halides is 3. The number of nitrogens with zero attached hydrogens (tertiary/aromatic N) is 5. The molecular formula is C11H12F3N5O. The standard InChI is InChI=1S/C11H12F3N5O/c12-11(13,14)8-18(6-7-20)10-15-16-17-19(10)9-4-2-1-3-5-9/h1-5,20H,6-8H2. The van der Waals surface area contributed by atoms with Crippen LogP contribution in [0, 0.1) is 0 Å². The van der Waals surface area contributed by atoms with Crippen molar-refractivity contribution in [1.82, 2.24) is 20.2 Å². The molecule has 0 amide bonds. The highest BCUT2D eigenvalue weighted by Gasteiger charge is 2.32. The minimum atomic E-state index is -4.41. The van der Waals surface area contributed by atoms with E-state index in [1.807, 2.05) is 0 Å². The molecule has 0 fully saturated rings. The van der Waals surface area contributed by atoms with E-state index >= 15 is 0 Å². The van der Waals surface area contributed by atoms with Gasteiger partial charge < -0.3 is 10.0 Å². The van der Waals surface area contributed by atoms with Gasteiger partial charge in [0.2, 0.25) is 0 Å². The Bertz CT molecular complexity index is 542. The van der Waals surface area contributed by atoms with Gasteiger partial charge >= 0.3 is 6.18 Å². The van der Waals surface area contributed by atoms with Crippen molar-refractivity contribution in [2.24, 2.45) is 0 Å². The second-order valence-corrected chi connectivity index (χ2v) is 3.99. The van der Waals surface area contributed by atoms with Crippen LogP contribution < -0.4 is 4.90 Å². The van der Waals surface area contributed by atoms with Crippen LogP contribution in [0.15, 0.2) is 30.3 Å². The van der Waals surface area contributed by atoms with Crippen LogP contribution in [-0.4, -0.2) is 51.2 Å². The van der Waals surface area contributed by atoms with Gasteiger partial charge in [0, 0.05) is 6.54 Å². The fourth-order valence-corrected chi connectivity index (χ4v) is 1.70. The zero-order valence-electron chi connectivity index (χ0n) is 10.3. The maximum Gasteiger partial charge on any atom is 0.406 e. The molecule has 0 saturated carbocycles. The Morgan fingerprint density at radius 1 is 1.20 bits per heavy atom. The highest BCUT2D eigenvalue weighted by molar-refractivity contribution is 5.40. The molecule has 0 atom stereocenters. The lowest BCUT2D eigenvalue weighted by Gasteiger charge is -2.23. The average molecular weight is 287 g/mol. The summed E-state index contributed by atoms with van der Waals surface area (Å²) >= 11 is 0. The van der Waals surface area contributed by atoms with Crippen LogP contribution >= 0.6 is 0 Å². The molecule has 1 N–H and O–H groups in total. The molecule has 1 aromatic heterocycles. The molecule has 0 spiro atoms. The van der Waals surface area contributed by atoms with Crippen molar-refractivity contribution >= 4 is 5.95 Å². The number of hydrogen-bond acceptors (Lipinski definition) is 5. The lowest BCUT2D eigenvalue weighted by atomic mass is 10.3. The first kappa shape index (κ1) is 14.3. The number of aliphatic hydroxyl groups excluding tert-OH is 1. The topological polar surface area (TPSA) is 67.1 Å². The summed E-state index contributed by atoms with van der Waals surface area (Å²) in [6.45, 7) is -1.88. The molecule has 108 valence electrons. The molecule has 0 aliphatic rings. The van der Waals surface area contributed by atoms with Crippen molar-refractivity contribution in [3.63, 3.8) is 0 Å². The molecular weight excluding hydrogens is 275 g/mol. The fourth-order valence-electron chi connectivity index (χ4n) is 1.70. The second kappa shape index (κ2) is 5.87. The Balaban J connectivity index is 2.33. The van der Waals surface area contributed by atoms with Crippen molar-refractivity contribution in [2.75, 3.05) is 24.6 Å². The maximum atomic E-state index is 12.6. The lowest BCUT2D eigenvalue weighted by Crippen LogP contribution is -2.38. The van der Waals surface area contributed by atoms with Crippen LogP contribution in [0.4, 0.5) is 19.1 Å². The molecule has 2 aromatic rings. The number of aliphatic hydroxyl groups is 1. The van der Waals surface area contributed by atoms with Gasteiger partial charge in [-0.2, -0.15) is 17.9 Å². The molecule has 1 heterocycles. The van der Waals surface area contributed by atoms with Crippen molar-refractivity contribution < 1.29 is 18.3 Å². The van der Waals surface area contributed by atoms with E-state index in [9.17, 15) is 13.2 Å². The minimum absolute atomic E-state index is 0.0671. The molecule has 0 saturated heterocycles. The Morgan fingerprint density at radius 3 is 2.50 bits per heavy atom. The Morgan fingerprint density at radius 2 is 1.90 bits per heavy atom. The van der Waals surface area contributed by atoms with Gasteiger partial charge in [-0.25, -0.2) is 0 Å². The molecule has 0 unspecified atom stereocenters. The first-order valence-electron chi connectivity index (χ1n) is 5.77. The molecule has 0 aliphatic heterocycles. The van der Waals surface area contributed by atoms with Crippen LogP contribution in [0.3, 0.4) is 0 Å². The van der Waals surface area contributed by atoms with Crippen molar-refractivity contribution in [3.8, 4) is 5.69 Å². The molecule has 0 aliphatic carbocycles. The van der Waals surface area contributed by atoms with Crippen LogP contribution in [0.25, 0.3) is 5.69 Å². The van der Waals surface area contributed by atoms with E-state index in [-0.39, 0.29) is 12.5 Å². The molecule has 9 heteroatoms. The van der Waals surface area contributed by atoms with Gasteiger partial charge in [-0.05, 0) is 22.6 Å². The van der Waals surface area contributed by atoms with Crippen LogP contribution in [0.1, 0.15) is 0 Å². The van der Waals surface area contributed by atoms with E-state index in [0.29, 0.717) is 5.69 Å². The molecule has 6 nitrogen and oxygen atoms in total. The van der Waals surface area contributed by atoms with E-state index in [2.05, 4.69) is 15.5 Å². The summed E-state index contributed by atoms with van der Waals surface area (Å²) in [6.07, 6.45) is -4.41. The highest BCUT2D eigenvalue weighted by atomic mass is 19.4. The number of anilines is 1. The number of hydrogen-bond donors (Lipinski definition) is 1. The summed E-state index contributed by atoms with van der Waals surface area (Å²) < 4.78 is 38.9. The smallest absolute Gasteiger partial charge is 0.395 e. The number of aromatic nitrogens is 4. The molecule has 0 bridgehead atoms. The molecule has 2 rings (SSSR count). The van der Waals surface area contributed by atoms with Gasteiger partial charge in [-0.3, -0.25) is 0 Å². The molecule has 1 aromatic carbocycles.